The Morgan fingerprint density at radius 1 is 1.06 bits per heavy atom. The lowest BCUT2D eigenvalue weighted by atomic mass is 9.94. The van der Waals surface area contributed by atoms with E-state index in [9.17, 15) is 23.2 Å². The molecule has 2 aromatic carbocycles. The first kappa shape index (κ1) is 23.7. The van der Waals surface area contributed by atoms with Gasteiger partial charge in [0.2, 0.25) is 11.8 Å². The maximum Gasteiger partial charge on any atom is 0.256 e. The van der Waals surface area contributed by atoms with Gasteiger partial charge in [-0.05, 0) is 49.2 Å². The standard InChI is InChI=1S/C24H22F2N4O3S/c25-17-3-6-19(20(26)11-17)24(33)29-9-7-16(8-10-29)23(32)30-14-34-13-21(30)22(31)28-18-4-1-15(12-27)2-5-18/h1-6,11,16,21H,7-10,13-14H2,(H,28,31). The van der Waals surface area contributed by atoms with Gasteiger partial charge in [-0.15, -0.1) is 11.8 Å². The number of thioether (sulfide) groups is 1. The van der Waals surface area contributed by atoms with Gasteiger partial charge in [0.1, 0.15) is 17.7 Å². The van der Waals surface area contributed by atoms with Crippen molar-refractivity contribution in [2.45, 2.75) is 18.9 Å². The molecule has 10 heteroatoms. The van der Waals surface area contributed by atoms with Crippen molar-refractivity contribution in [3.05, 3.63) is 65.2 Å². The number of nitrogens with one attached hydrogen (secondary N) is 1. The number of hydrogen-bond donors (Lipinski definition) is 1. The lowest BCUT2D eigenvalue weighted by Crippen LogP contribution is -2.49. The van der Waals surface area contributed by atoms with Crippen molar-refractivity contribution in [3.63, 3.8) is 0 Å². The SMILES string of the molecule is N#Cc1ccc(NC(=O)C2CSCN2C(=O)C2CCN(C(=O)c3ccc(F)cc3F)CC2)cc1. The van der Waals surface area contributed by atoms with Crippen molar-refractivity contribution in [2.75, 3.05) is 30.0 Å². The molecule has 4 rings (SSSR count). The van der Waals surface area contributed by atoms with E-state index in [2.05, 4.69) is 5.32 Å². The maximum absolute atomic E-state index is 14.0. The Hall–Kier alpha value is -3.45. The van der Waals surface area contributed by atoms with Crippen molar-refractivity contribution < 1.29 is 23.2 Å². The Balaban J connectivity index is 1.35. The molecule has 2 aliphatic rings. The highest BCUT2D eigenvalue weighted by Crippen LogP contribution is 2.28. The van der Waals surface area contributed by atoms with E-state index >= 15 is 0 Å². The first-order valence-corrected chi connectivity index (χ1v) is 12.0. The van der Waals surface area contributed by atoms with Crippen LogP contribution in [0.3, 0.4) is 0 Å². The van der Waals surface area contributed by atoms with Crippen LogP contribution >= 0.6 is 11.8 Å². The molecule has 2 saturated heterocycles. The Morgan fingerprint density at radius 2 is 1.76 bits per heavy atom. The second-order valence-corrected chi connectivity index (χ2v) is 9.19. The van der Waals surface area contributed by atoms with Gasteiger partial charge in [-0.2, -0.15) is 5.26 Å². The average molecular weight is 485 g/mol. The quantitative estimate of drug-likeness (QED) is 0.719. The van der Waals surface area contributed by atoms with E-state index in [1.807, 2.05) is 6.07 Å². The number of halogens is 2. The summed E-state index contributed by atoms with van der Waals surface area (Å²) >= 11 is 1.50. The number of amides is 3. The van der Waals surface area contributed by atoms with Crippen LogP contribution in [0.4, 0.5) is 14.5 Å². The molecule has 1 unspecified atom stereocenters. The molecule has 0 saturated carbocycles. The number of carbonyl (C=O) groups is 3. The van der Waals surface area contributed by atoms with E-state index in [1.165, 1.54) is 16.7 Å². The summed E-state index contributed by atoms with van der Waals surface area (Å²) in [6.45, 7) is 0.546. The summed E-state index contributed by atoms with van der Waals surface area (Å²) in [6, 6.07) is 10.7. The summed E-state index contributed by atoms with van der Waals surface area (Å²) in [5, 5.41) is 11.7. The van der Waals surface area contributed by atoms with Crippen LogP contribution in [-0.2, 0) is 9.59 Å². The van der Waals surface area contributed by atoms with Crippen molar-refractivity contribution in [3.8, 4) is 6.07 Å². The van der Waals surface area contributed by atoms with Crippen LogP contribution in [0.2, 0.25) is 0 Å². The lowest BCUT2D eigenvalue weighted by molar-refractivity contribution is -0.140. The van der Waals surface area contributed by atoms with Crippen LogP contribution < -0.4 is 5.32 Å². The smallest absolute Gasteiger partial charge is 0.256 e. The van der Waals surface area contributed by atoms with Crippen LogP contribution in [0.15, 0.2) is 42.5 Å². The second kappa shape index (κ2) is 10.2. The second-order valence-electron chi connectivity index (χ2n) is 8.19. The molecule has 0 spiro atoms. The third kappa shape index (κ3) is 5.04. The van der Waals surface area contributed by atoms with Crippen LogP contribution in [0.1, 0.15) is 28.8 Å². The molecule has 1 N–H and O–H groups in total. The monoisotopic (exact) mass is 484 g/mol. The number of benzene rings is 2. The van der Waals surface area contributed by atoms with Gasteiger partial charge in [0, 0.05) is 36.5 Å². The molecule has 0 bridgehead atoms. The number of piperidine rings is 1. The minimum atomic E-state index is -0.909. The largest absolute Gasteiger partial charge is 0.339 e. The summed E-state index contributed by atoms with van der Waals surface area (Å²) in [7, 11) is 0. The average Bonchev–Trinajstić information content (AvgIpc) is 3.34. The van der Waals surface area contributed by atoms with E-state index in [4.69, 9.17) is 5.26 Å². The zero-order valence-corrected chi connectivity index (χ0v) is 19.0. The van der Waals surface area contributed by atoms with E-state index in [0.29, 0.717) is 41.8 Å². The van der Waals surface area contributed by atoms with Crippen LogP contribution in [0, 0.1) is 28.9 Å². The Bertz CT molecular complexity index is 1140. The van der Waals surface area contributed by atoms with Gasteiger partial charge in [-0.3, -0.25) is 14.4 Å². The maximum atomic E-state index is 14.0. The molecule has 34 heavy (non-hydrogen) atoms. The van der Waals surface area contributed by atoms with Crippen molar-refractivity contribution >= 4 is 35.2 Å². The molecule has 2 fully saturated rings. The fourth-order valence-electron chi connectivity index (χ4n) is 4.13. The third-order valence-corrected chi connectivity index (χ3v) is 7.05. The number of carbonyl (C=O) groups excluding carboxylic acids is 3. The molecule has 176 valence electrons. The summed E-state index contributed by atoms with van der Waals surface area (Å²) in [5.41, 5.74) is 0.841. The number of likely N-dealkylation sites (tertiary alicyclic amines) is 1. The first-order valence-electron chi connectivity index (χ1n) is 10.8. The van der Waals surface area contributed by atoms with Crippen LogP contribution in [0.5, 0.6) is 0 Å². The fraction of sp³-hybridized carbons (Fsp3) is 0.333. The van der Waals surface area contributed by atoms with Gasteiger partial charge in [-0.1, -0.05) is 0 Å². The number of nitriles is 1. The molecule has 7 nitrogen and oxygen atoms in total. The normalized spacial score (nSPS) is 18.4. The third-order valence-electron chi connectivity index (χ3n) is 6.04. The predicted octanol–water partition coefficient (Wildman–Crippen LogP) is 3.23. The van der Waals surface area contributed by atoms with Gasteiger partial charge in [0.15, 0.2) is 0 Å². The Kier molecular flexibility index (Phi) is 7.12. The lowest BCUT2D eigenvalue weighted by Gasteiger charge is -2.34. The Morgan fingerprint density at radius 3 is 2.41 bits per heavy atom. The van der Waals surface area contributed by atoms with E-state index in [0.717, 1.165) is 12.1 Å². The summed E-state index contributed by atoms with van der Waals surface area (Å²) in [5.74, 6) is -2.06. The highest BCUT2D eigenvalue weighted by molar-refractivity contribution is 7.99. The van der Waals surface area contributed by atoms with Crippen molar-refractivity contribution in [1.82, 2.24) is 9.80 Å². The molecule has 3 amide bonds. The molecule has 2 heterocycles. The molecule has 0 aromatic heterocycles. The summed E-state index contributed by atoms with van der Waals surface area (Å²) in [4.78, 5) is 41.7. The number of nitrogens with zero attached hydrogens (tertiary/aromatic N) is 3. The van der Waals surface area contributed by atoms with E-state index < -0.39 is 23.6 Å². The highest BCUT2D eigenvalue weighted by atomic mass is 32.2. The van der Waals surface area contributed by atoms with Gasteiger partial charge < -0.3 is 15.1 Å². The first-order chi connectivity index (χ1) is 16.4. The Labute approximate surface area is 199 Å². The van der Waals surface area contributed by atoms with Crippen molar-refractivity contribution in [2.24, 2.45) is 5.92 Å². The summed E-state index contributed by atoms with van der Waals surface area (Å²) < 4.78 is 27.1. The molecule has 0 aliphatic carbocycles. The zero-order chi connectivity index (χ0) is 24.2. The van der Waals surface area contributed by atoms with Gasteiger partial charge in [0.05, 0.1) is 23.1 Å². The molecule has 0 radical (unpaired) electrons. The molecule has 2 aromatic rings. The topological polar surface area (TPSA) is 93.5 Å². The van der Waals surface area contributed by atoms with Crippen LogP contribution in [0.25, 0.3) is 0 Å². The number of rotatable bonds is 4. The van der Waals surface area contributed by atoms with E-state index in [-0.39, 0.29) is 36.4 Å². The van der Waals surface area contributed by atoms with Gasteiger partial charge in [0.25, 0.3) is 5.91 Å². The van der Waals surface area contributed by atoms with Crippen molar-refractivity contribution in [1.29, 1.82) is 5.26 Å². The van der Waals surface area contributed by atoms with Gasteiger partial charge in [-0.25, -0.2) is 8.78 Å². The van der Waals surface area contributed by atoms with Crippen LogP contribution in [-0.4, -0.2) is 58.3 Å². The minimum Gasteiger partial charge on any atom is -0.339 e. The highest BCUT2D eigenvalue weighted by Gasteiger charge is 2.39. The number of anilines is 1. The summed E-state index contributed by atoms with van der Waals surface area (Å²) in [6.07, 6.45) is 0.803. The van der Waals surface area contributed by atoms with Gasteiger partial charge >= 0.3 is 0 Å². The zero-order valence-electron chi connectivity index (χ0n) is 18.2. The predicted molar refractivity (Wildman–Crippen MR) is 123 cm³/mol. The minimum absolute atomic E-state index is 0.134. The molecule has 2 aliphatic heterocycles. The molecular weight excluding hydrogens is 462 g/mol. The molecular formula is C24H22F2N4O3S. The molecule has 1 atom stereocenters. The van der Waals surface area contributed by atoms with E-state index in [1.54, 1.807) is 29.2 Å². The number of hydrogen-bond acceptors (Lipinski definition) is 5. The fourth-order valence-corrected chi connectivity index (χ4v) is 5.29.